The van der Waals surface area contributed by atoms with Crippen LogP contribution in [0.1, 0.15) is 24.0 Å². The van der Waals surface area contributed by atoms with Crippen LogP contribution in [0.3, 0.4) is 0 Å². The molecule has 1 amide bonds. The van der Waals surface area contributed by atoms with Crippen molar-refractivity contribution in [2.75, 3.05) is 49.4 Å². The summed E-state index contributed by atoms with van der Waals surface area (Å²) < 4.78 is 44.3. The van der Waals surface area contributed by atoms with Crippen molar-refractivity contribution in [3.63, 3.8) is 0 Å². The van der Waals surface area contributed by atoms with E-state index >= 15 is 0 Å². The van der Waals surface area contributed by atoms with Crippen LogP contribution in [0.4, 0.5) is 30.6 Å². The molecule has 0 unspecified atom stereocenters. The fourth-order valence-electron chi connectivity index (χ4n) is 2.99. The van der Waals surface area contributed by atoms with Gasteiger partial charge in [0.05, 0.1) is 12.2 Å². The highest BCUT2D eigenvalue weighted by atomic mass is 32.2. The number of amides is 1. The van der Waals surface area contributed by atoms with Gasteiger partial charge in [-0.1, -0.05) is 6.07 Å². The first kappa shape index (κ1) is 27.2. The summed E-state index contributed by atoms with van der Waals surface area (Å²) >= 11 is 1.17. The molecule has 0 saturated heterocycles. The number of nitrogens with one attached hydrogen (secondary N) is 3. The lowest BCUT2D eigenvalue weighted by molar-refractivity contribution is -0.137. The first-order chi connectivity index (χ1) is 16.2. The summed E-state index contributed by atoms with van der Waals surface area (Å²) in [5.41, 5.74) is 5.04. The second-order valence-electron chi connectivity index (χ2n) is 7.08. The van der Waals surface area contributed by atoms with Crippen LogP contribution in [0, 0.1) is 11.3 Å². The van der Waals surface area contributed by atoms with Crippen LogP contribution in [0.5, 0.6) is 0 Å². The molecule has 0 aliphatic rings. The zero-order chi connectivity index (χ0) is 25.1. The van der Waals surface area contributed by atoms with Crippen molar-refractivity contribution in [2.45, 2.75) is 30.1 Å². The lowest BCUT2D eigenvalue weighted by Crippen LogP contribution is -2.36. The van der Waals surface area contributed by atoms with Crippen LogP contribution >= 0.6 is 11.8 Å². The Morgan fingerprint density at radius 3 is 2.74 bits per heavy atom. The van der Waals surface area contributed by atoms with Gasteiger partial charge >= 0.3 is 6.18 Å². The molecule has 1 aromatic carbocycles. The number of nitrogens with zero attached hydrogens (tertiary/aromatic N) is 3. The molecule has 0 bridgehead atoms. The minimum Gasteiger partial charge on any atom is -0.383 e. The summed E-state index contributed by atoms with van der Waals surface area (Å²) in [6.45, 7) is 1.71. The number of benzene rings is 1. The van der Waals surface area contributed by atoms with Crippen molar-refractivity contribution < 1.29 is 22.7 Å². The number of nitrogens with two attached hydrogens (primary N) is 1. The van der Waals surface area contributed by atoms with E-state index in [9.17, 15) is 23.2 Å². The van der Waals surface area contributed by atoms with E-state index in [2.05, 4.69) is 25.9 Å². The number of rotatable bonds is 12. The third-order valence-electron chi connectivity index (χ3n) is 4.62. The molecule has 0 fully saturated rings. The van der Waals surface area contributed by atoms with E-state index < -0.39 is 23.7 Å². The second kappa shape index (κ2) is 13.0. The molecule has 1 atom stereocenters. The molecule has 1 heterocycles. The van der Waals surface area contributed by atoms with Gasteiger partial charge in [0, 0.05) is 19.3 Å². The number of hydrogen-bond acceptors (Lipinski definition) is 9. The summed E-state index contributed by atoms with van der Waals surface area (Å²) in [5.74, 6) is -0.752. The molecule has 0 radical (unpaired) electrons. The molecule has 34 heavy (non-hydrogen) atoms. The number of thioether (sulfide) groups is 1. The zero-order valence-corrected chi connectivity index (χ0v) is 19.5. The first-order valence-corrected chi connectivity index (χ1v) is 11.5. The highest BCUT2D eigenvalue weighted by molar-refractivity contribution is 7.98. The number of alkyl halides is 3. The molecule has 1 aromatic heterocycles. The lowest BCUT2D eigenvalue weighted by Gasteiger charge is -2.21. The van der Waals surface area contributed by atoms with Gasteiger partial charge in [-0.15, -0.1) is 11.8 Å². The van der Waals surface area contributed by atoms with E-state index in [1.54, 1.807) is 13.4 Å². The van der Waals surface area contributed by atoms with Gasteiger partial charge in [-0.3, -0.25) is 4.79 Å². The van der Waals surface area contributed by atoms with Gasteiger partial charge in [0.25, 0.3) is 0 Å². The van der Waals surface area contributed by atoms with Crippen molar-refractivity contribution in [1.29, 1.82) is 5.26 Å². The Morgan fingerprint density at radius 1 is 1.32 bits per heavy atom. The van der Waals surface area contributed by atoms with E-state index in [0.29, 0.717) is 37.6 Å². The number of methoxy groups -OCH3 is 1. The highest BCUT2D eigenvalue weighted by Gasteiger charge is 2.31. The molecule has 9 nitrogen and oxygen atoms in total. The number of aromatic nitrogens is 2. The van der Waals surface area contributed by atoms with Gasteiger partial charge in [0.1, 0.15) is 22.7 Å². The third-order valence-corrected chi connectivity index (χ3v) is 5.30. The van der Waals surface area contributed by atoms with Gasteiger partial charge < -0.3 is 26.4 Å². The standard InChI is InChI=1S/C21H26F3N7O2S/c1-33-10-9-27-8-4-7-16(28-14-6-3-5-13(11-14)21(22,23)24)18(32)29-17-15(12-25)19(34-2)31-20(26)30-17/h3,5-6,11,16,27-28H,4,7-10H2,1-2H3,(H3,26,29,30,31,32)/t16-/m0/s1. The van der Waals surface area contributed by atoms with Gasteiger partial charge in [-0.05, 0) is 43.8 Å². The van der Waals surface area contributed by atoms with Crippen LogP contribution in [0.15, 0.2) is 29.3 Å². The minimum absolute atomic E-state index is 0.0501. The number of nitrogen functional groups attached to an aromatic ring is 1. The van der Waals surface area contributed by atoms with Crippen molar-refractivity contribution in [3.8, 4) is 6.07 Å². The maximum absolute atomic E-state index is 13.1. The summed E-state index contributed by atoms with van der Waals surface area (Å²) in [4.78, 5) is 21.0. The Morgan fingerprint density at radius 2 is 2.09 bits per heavy atom. The monoisotopic (exact) mass is 497 g/mol. The molecule has 2 aromatic rings. The number of anilines is 3. The molecule has 0 aliphatic carbocycles. The smallest absolute Gasteiger partial charge is 0.383 e. The van der Waals surface area contributed by atoms with E-state index in [1.165, 1.54) is 23.9 Å². The number of nitriles is 1. The quantitative estimate of drug-likeness (QED) is 0.198. The molecule has 0 saturated carbocycles. The number of carbonyl (C=O) groups excluding carboxylic acids is 1. The number of halogens is 3. The fourth-order valence-corrected chi connectivity index (χ4v) is 3.52. The van der Waals surface area contributed by atoms with E-state index in [1.807, 2.05) is 6.07 Å². The van der Waals surface area contributed by atoms with Gasteiger partial charge in [0.15, 0.2) is 5.82 Å². The zero-order valence-electron chi connectivity index (χ0n) is 18.7. The van der Waals surface area contributed by atoms with Crippen molar-refractivity contribution in [1.82, 2.24) is 15.3 Å². The number of ether oxygens (including phenoxy) is 1. The van der Waals surface area contributed by atoms with Crippen LogP contribution in [0.2, 0.25) is 0 Å². The predicted octanol–water partition coefficient (Wildman–Crippen LogP) is 3.11. The largest absolute Gasteiger partial charge is 0.416 e. The minimum atomic E-state index is -4.52. The van der Waals surface area contributed by atoms with Crippen molar-refractivity contribution >= 4 is 35.1 Å². The fraction of sp³-hybridized carbons (Fsp3) is 0.429. The van der Waals surface area contributed by atoms with Gasteiger partial charge in [0.2, 0.25) is 11.9 Å². The molecule has 13 heteroatoms. The van der Waals surface area contributed by atoms with Crippen LogP contribution in [-0.4, -0.2) is 55.0 Å². The topological polar surface area (TPSA) is 138 Å². The summed E-state index contributed by atoms with van der Waals surface area (Å²) in [6.07, 6.45) is -1.99. The molecule has 2 rings (SSSR count). The van der Waals surface area contributed by atoms with E-state index in [0.717, 1.165) is 12.1 Å². The van der Waals surface area contributed by atoms with Gasteiger partial charge in [-0.2, -0.15) is 23.4 Å². The van der Waals surface area contributed by atoms with E-state index in [4.69, 9.17) is 10.5 Å². The normalized spacial score (nSPS) is 12.1. The Hall–Kier alpha value is -3.08. The molecular weight excluding hydrogens is 471 g/mol. The van der Waals surface area contributed by atoms with Crippen LogP contribution in [0.25, 0.3) is 0 Å². The molecule has 5 N–H and O–H groups in total. The highest BCUT2D eigenvalue weighted by Crippen LogP contribution is 2.31. The predicted molar refractivity (Wildman–Crippen MR) is 124 cm³/mol. The number of carbonyl (C=O) groups is 1. The maximum atomic E-state index is 13.1. The molecule has 0 spiro atoms. The number of hydrogen-bond donors (Lipinski definition) is 4. The summed E-state index contributed by atoms with van der Waals surface area (Å²) in [7, 11) is 1.58. The van der Waals surface area contributed by atoms with Crippen molar-refractivity contribution in [2.24, 2.45) is 0 Å². The SMILES string of the molecule is COCCNCCC[C@H](Nc1cccc(C(F)(F)F)c1)C(=O)Nc1nc(N)nc(SC)c1C#N. The first-order valence-electron chi connectivity index (χ1n) is 10.3. The Balaban J connectivity index is 2.23. The summed E-state index contributed by atoms with van der Waals surface area (Å²) in [6, 6.07) is 5.63. The third kappa shape index (κ3) is 8.05. The molecule has 184 valence electrons. The van der Waals surface area contributed by atoms with Gasteiger partial charge in [-0.25, -0.2) is 4.98 Å². The average molecular weight is 498 g/mol. The second-order valence-corrected chi connectivity index (χ2v) is 7.87. The lowest BCUT2D eigenvalue weighted by atomic mass is 10.1. The Kier molecular flexibility index (Phi) is 10.4. The average Bonchev–Trinajstić information content (AvgIpc) is 2.79. The molecule has 0 aliphatic heterocycles. The summed E-state index contributed by atoms with van der Waals surface area (Å²) in [5, 5.41) is 18.4. The van der Waals surface area contributed by atoms with Crippen LogP contribution < -0.4 is 21.7 Å². The Bertz CT molecular complexity index is 1010. The van der Waals surface area contributed by atoms with Crippen LogP contribution in [-0.2, 0) is 15.7 Å². The Labute approximate surface area is 199 Å². The maximum Gasteiger partial charge on any atom is 0.416 e. The van der Waals surface area contributed by atoms with E-state index in [-0.39, 0.29) is 23.0 Å². The molecular formula is C21H26F3N7O2S. The van der Waals surface area contributed by atoms with Crippen molar-refractivity contribution in [3.05, 3.63) is 35.4 Å².